The van der Waals surface area contributed by atoms with Crippen LogP contribution in [0.15, 0.2) is 24.3 Å². The van der Waals surface area contributed by atoms with Gasteiger partial charge < -0.3 is 16.0 Å². The Bertz CT molecular complexity index is 489. The average molecular weight is 291 g/mol. The highest BCUT2D eigenvalue weighted by Crippen LogP contribution is 2.07. The second-order valence-corrected chi connectivity index (χ2v) is 6.19. The van der Waals surface area contributed by atoms with E-state index < -0.39 is 0 Å². The Morgan fingerprint density at radius 1 is 1.19 bits per heavy atom. The van der Waals surface area contributed by atoms with Crippen LogP contribution in [-0.2, 0) is 11.2 Å². The van der Waals surface area contributed by atoms with E-state index in [0.29, 0.717) is 12.1 Å². The molecule has 21 heavy (non-hydrogen) atoms. The molecule has 1 aromatic rings. The Hall–Kier alpha value is -1.88. The summed E-state index contributed by atoms with van der Waals surface area (Å²) in [6.45, 7) is 6.34. The van der Waals surface area contributed by atoms with Crippen LogP contribution in [0.1, 0.15) is 36.7 Å². The van der Waals surface area contributed by atoms with Crippen molar-refractivity contribution in [2.75, 3.05) is 20.1 Å². The molecule has 116 valence electrons. The zero-order valence-corrected chi connectivity index (χ0v) is 13.3. The summed E-state index contributed by atoms with van der Waals surface area (Å²) in [6.07, 6.45) is 0.790. The fourth-order valence-electron chi connectivity index (χ4n) is 1.95. The molecule has 0 aliphatic heterocycles. The van der Waals surface area contributed by atoms with Crippen molar-refractivity contribution in [3.63, 3.8) is 0 Å². The number of rotatable bonds is 5. The van der Waals surface area contributed by atoms with Crippen LogP contribution >= 0.6 is 0 Å². The van der Waals surface area contributed by atoms with Crippen molar-refractivity contribution in [3.8, 4) is 0 Å². The van der Waals surface area contributed by atoms with Gasteiger partial charge in [0.2, 0.25) is 5.91 Å². The number of carbonyl (C=O) groups is 2. The van der Waals surface area contributed by atoms with Gasteiger partial charge in [0.15, 0.2) is 0 Å². The van der Waals surface area contributed by atoms with E-state index in [1.807, 2.05) is 32.9 Å². The first-order valence-corrected chi connectivity index (χ1v) is 7.08. The topological polar surface area (TPSA) is 75.4 Å². The first kappa shape index (κ1) is 17.2. The molecule has 1 rings (SSSR count). The predicted molar refractivity (Wildman–Crippen MR) is 84.1 cm³/mol. The van der Waals surface area contributed by atoms with E-state index in [0.717, 1.165) is 12.0 Å². The Labute approximate surface area is 126 Å². The number of benzene rings is 1. The van der Waals surface area contributed by atoms with Crippen molar-refractivity contribution < 1.29 is 9.59 Å². The predicted octanol–water partition coefficient (Wildman–Crippen LogP) is 1.17. The third-order valence-electron chi connectivity index (χ3n) is 2.88. The summed E-state index contributed by atoms with van der Waals surface area (Å²) in [5.74, 6) is -0.337. The maximum atomic E-state index is 12.2. The molecule has 0 radical (unpaired) electrons. The summed E-state index contributed by atoms with van der Waals surface area (Å²) < 4.78 is 0. The molecular weight excluding hydrogens is 266 g/mol. The van der Waals surface area contributed by atoms with Crippen LogP contribution in [0.4, 0.5) is 0 Å². The summed E-state index contributed by atoms with van der Waals surface area (Å²) in [6, 6.07) is 7.32. The number of nitrogens with zero attached hydrogens (tertiary/aromatic N) is 1. The van der Waals surface area contributed by atoms with Crippen LogP contribution in [0.2, 0.25) is 0 Å². The quantitative estimate of drug-likeness (QED) is 0.855. The molecule has 0 fully saturated rings. The van der Waals surface area contributed by atoms with Crippen LogP contribution in [0.5, 0.6) is 0 Å². The van der Waals surface area contributed by atoms with Gasteiger partial charge in [-0.1, -0.05) is 12.1 Å². The average Bonchev–Trinajstić information content (AvgIpc) is 2.36. The van der Waals surface area contributed by atoms with Gasteiger partial charge in [0.05, 0.1) is 6.54 Å². The van der Waals surface area contributed by atoms with Crippen molar-refractivity contribution in [2.45, 2.75) is 32.7 Å². The number of carbonyl (C=O) groups excluding carboxylic acids is 2. The lowest BCUT2D eigenvalue weighted by Gasteiger charge is -2.23. The third kappa shape index (κ3) is 5.95. The van der Waals surface area contributed by atoms with Crippen LogP contribution in [0.3, 0.4) is 0 Å². The van der Waals surface area contributed by atoms with Crippen molar-refractivity contribution in [2.24, 2.45) is 5.73 Å². The molecule has 0 bridgehead atoms. The highest BCUT2D eigenvalue weighted by atomic mass is 16.2. The summed E-state index contributed by atoms with van der Waals surface area (Å²) in [4.78, 5) is 25.5. The smallest absolute Gasteiger partial charge is 0.254 e. The van der Waals surface area contributed by atoms with Crippen molar-refractivity contribution >= 4 is 11.8 Å². The molecule has 5 nitrogen and oxygen atoms in total. The Morgan fingerprint density at radius 2 is 1.76 bits per heavy atom. The standard InChI is InChI=1S/C16H25N3O2/c1-16(2,3)18-14(20)11-19(4)15(21)13-7-5-12(6-8-13)9-10-17/h5-8H,9-11,17H2,1-4H3,(H,18,20). The molecule has 0 unspecified atom stereocenters. The van der Waals surface area contributed by atoms with Crippen LogP contribution in [-0.4, -0.2) is 42.4 Å². The molecule has 1 aromatic carbocycles. The first-order valence-electron chi connectivity index (χ1n) is 7.08. The molecule has 0 saturated heterocycles. The second kappa shape index (κ2) is 7.22. The number of amides is 2. The SMILES string of the molecule is CN(CC(=O)NC(C)(C)C)C(=O)c1ccc(CCN)cc1. The summed E-state index contributed by atoms with van der Waals surface area (Å²) in [5.41, 5.74) is 6.86. The van der Waals surface area contributed by atoms with Gasteiger partial charge in [-0.15, -0.1) is 0 Å². The zero-order valence-electron chi connectivity index (χ0n) is 13.3. The molecule has 0 aliphatic rings. The van der Waals surface area contributed by atoms with Crippen molar-refractivity contribution in [1.29, 1.82) is 0 Å². The van der Waals surface area contributed by atoms with E-state index >= 15 is 0 Å². The van der Waals surface area contributed by atoms with E-state index in [-0.39, 0.29) is 23.9 Å². The fourth-order valence-corrected chi connectivity index (χ4v) is 1.95. The lowest BCUT2D eigenvalue weighted by molar-refractivity contribution is -0.122. The van der Waals surface area contributed by atoms with Gasteiger partial charge >= 0.3 is 0 Å². The molecule has 0 spiro atoms. The molecule has 2 amide bonds. The molecule has 3 N–H and O–H groups in total. The number of hydrogen-bond acceptors (Lipinski definition) is 3. The fraction of sp³-hybridized carbons (Fsp3) is 0.500. The van der Waals surface area contributed by atoms with Gasteiger partial charge in [0.25, 0.3) is 5.91 Å². The van der Waals surface area contributed by atoms with Crippen molar-refractivity contribution in [3.05, 3.63) is 35.4 Å². The third-order valence-corrected chi connectivity index (χ3v) is 2.88. The molecule has 0 saturated carbocycles. The number of nitrogens with one attached hydrogen (secondary N) is 1. The van der Waals surface area contributed by atoms with Crippen LogP contribution in [0.25, 0.3) is 0 Å². The molecule has 5 heteroatoms. The van der Waals surface area contributed by atoms with Gasteiger partial charge in [-0.2, -0.15) is 0 Å². The maximum absolute atomic E-state index is 12.2. The van der Waals surface area contributed by atoms with Crippen LogP contribution < -0.4 is 11.1 Å². The second-order valence-electron chi connectivity index (χ2n) is 6.19. The van der Waals surface area contributed by atoms with Gasteiger partial charge in [0, 0.05) is 18.2 Å². The van der Waals surface area contributed by atoms with Gasteiger partial charge in [-0.3, -0.25) is 9.59 Å². The van der Waals surface area contributed by atoms with E-state index in [4.69, 9.17) is 5.73 Å². The van der Waals surface area contributed by atoms with Gasteiger partial charge in [-0.05, 0) is 51.4 Å². The molecule has 0 aromatic heterocycles. The van der Waals surface area contributed by atoms with E-state index in [2.05, 4.69) is 5.32 Å². The minimum Gasteiger partial charge on any atom is -0.350 e. The van der Waals surface area contributed by atoms with Crippen molar-refractivity contribution in [1.82, 2.24) is 10.2 Å². The Morgan fingerprint density at radius 3 is 2.24 bits per heavy atom. The molecular formula is C16H25N3O2. The minimum absolute atomic E-state index is 0.0423. The van der Waals surface area contributed by atoms with Gasteiger partial charge in [-0.25, -0.2) is 0 Å². The van der Waals surface area contributed by atoms with E-state index in [1.54, 1.807) is 19.2 Å². The van der Waals surface area contributed by atoms with Gasteiger partial charge in [0.1, 0.15) is 0 Å². The molecule has 0 heterocycles. The number of hydrogen-bond donors (Lipinski definition) is 2. The highest BCUT2D eigenvalue weighted by molar-refractivity contribution is 5.96. The first-order chi connectivity index (χ1) is 9.73. The molecule has 0 aliphatic carbocycles. The summed E-state index contributed by atoms with van der Waals surface area (Å²) in [7, 11) is 1.62. The maximum Gasteiger partial charge on any atom is 0.254 e. The summed E-state index contributed by atoms with van der Waals surface area (Å²) in [5, 5.41) is 2.84. The van der Waals surface area contributed by atoms with E-state index in [1.165, 1.54) is 4.90 Å². The summed E-state index contributed by atoms with van der Waals surface area (Å²) >= 11 is 0. The highest BCUT2D eigenvalue weighted by Gasteiger charge is 2.18. The monoisotopic (exact) mass is 291 g/mol. The largest absolute Gasteiger partial charge is 0.350 e. The number of nitrogens with two attached hydrogens (primary N) is 1. The Kier molecular flexibility index (Phi) is 5.90. The minimum atomic E-state index is -0.301. The molecule has 0 atom stereocenters. The van der Waals surface area contributed by atoms with Crippen LogP contribution in [0, 0.1) is 0 Å². The normalized spacial score (nSPS) is 11.1. The lowest BCUT2D eigenvalue weighted by Crippen LogP contribution is -2.46. The Balaban J connectivity index is 2.63. The van der Waals surface area contributed by atoms with E-state index in [9.17, 15) is 9.59 Å². The zero-order chi connectivity index (χ0) is 16.0. The number of likely N-dealkylation sites (N-methyl/N-ethyl adjacent to an activating group) is 1. The lowest BCUT2D eigenvalue weighted by atomic mass is 10.1.